The molecule has 1 saturated carbocycles. The second-order valence-corrected chi connectivity index (χ2v) is 10.3. The van der Waals surface area contributed by atoms with Gasteiger partial charge in [0.15, 0.2) is 0 Å². The molecule has 1 aliphatic carbocycles. The Labute approximate surface area is 191 Å². The minimum Gasteiger partial charge on any atom is -0.469 e. The van der Waals surface area contributed by atoms with Crippen molar-refractivity contribution in [2.45, 2.75) is 91.1 Å². The average molecular weight is 457 g/mol. The smallest absolute Gasteiger partial charge is 0.411 e. The van der Waals surface area contributed by atoms with Crippen LogP contribution < -0.4 is 0 Å². The molecule has 2 fully saturated rings. The zero-order valence-corrected chi connectivity index (χ0v) is 20.8. The number of carbonyl (C=O) groups excluding carboxylic acids is 3. The fourth-order valence-electron chi connectivity index (χ4n) is 4.98. The number of amides is 2. The molecule has 2 rings (SSSR count). The summed E-state index contributed by atoms with van der Waals surface area (Å²) in [7, 11) is 3.99. The quantitative estimate of drug-likeness (QED) is 0.459. The monoisotopic (exact) mass is 456 g/mol. The molecule has 0 aromatic carbocycles. The van der Waals surface area contributed by atoms with Gasteiger partial charge in [-0.1, -0.05) is 40.0 Å². The van der Waals surface area contributed by atoms with Crippen molar-refractivity contribution in [2.24, 2.45) is 10.8 Å². The minimum atomic E-state index is -1.11. The zero-order valence-electron chi connectivity index (χ0n) is 20.8. The Morgan fingerprint density at radius 2 is 1.53 bits per heavy atom. The normalized spacial score (nSPS) is 24.8. The Morgan fingerprint density at radius 3 is 2.00 bits per heavy atom. The lowest BCUT2D eigenvalue weighted by molar-refractivity contribution is -0.154. The van der Waals surface area contributed by atoms with Crippen LogP contribution in [0.4, 0.5) is 9.59 Å². The molecule has 1 saturated heterocycles. The summed E-state index contributed by atoms with van der Waals surface area (Å²) in [5.41, 5.74) is -1.57. The molecule has 0 radical (unpaired) electrons. The first-order valence-electron chi connectivity index (χ1n) is 11.3. The van der Waals surface area contributed by atoms with Gasteiger partial charge in [-0.05, 0) is 26.7 Å². The summed E-state index contributed by atoms with van der Waals surface area (Å²) in [5, 5.41) is 0. The Bertz CT molecular complexity index is 682. The molecule has 9 heteroatoms. The summed E-state index contributed by atoms with van der Waals surface area (Å²) < 4.78 is 21.7. The molecule has 0 spiro atoms. The molecule has 0 bridgehead atoms. The third kappa shape index (κ3) is 5.30. The van der Waals surface area contributed by atoms with Gasteiger partial charge in [0, 0.05) is 11.5 Å². The lowest BCUT2D eigenvalue weighted by Gasteiger charge is -2.40. The molecule has 1 heterocycles. The first-order valence-corrected chi connectivity index (χ1v) is 11.3. The Morgan fingerprint density at radius 1 is 0.938 bits per heavy atom. The maximum Gasteiger partial charge on any atom is 0.411 e. The third-order valence-electron chi connectivity index (χ3n) is 6.59. The van der Waals surface area contributed by atoms with Crippen LogP contribution in [-0.2, 0) is 23.7 Å². The predicted molar refractivity (Wildman–Crippen MR) is 118 cm³/mol. The summed E-state index contributed by atoms with van der Waals surface area (Å²) >= 11 is 0. The van der Waals surface area contributed by atoms with Crippen LogP contribution in [0.3, 0.4) is 0 Å². The summed E-state index contributed by atoms with van der Waals surface area (Å²) in [6, 6.07) is -0.677. The topological polar surface area (TPSA) is 94.6 Å². The number of carbonyl (C=O) groups is 3. The number of nitrogens with zero attached hydrogens (tertiary/aromatic N) is 2. The van der Waals surface area contributed by atoms with Gasteiger partial charge in [0.05, 0.1) is 45.4 Å². The Balaban J connectivity index is 2.51. The van der Waals surface area contributed by atoms with Gasteiger partial charge in [0.1, 0.15) is 6.23 Å². The summed E-state index contributed by atoms with van der Waals surface area (Å²) in [5.74, 6) is -0.471. The fourth-order valence-corrected chi connectivity index (χ4v) is 4.98. The van der Waals surface area contributed by atoms with Crippen LogP contribution in [0.25, 0.3) is 0 Å². The molecule has 1 aliphatic heterocycles. The van der Waals surface area contributed by atoms with Gasteiger partial charge in [-0.25, -0.2) is 9.59 Å². The number of esters is 1. The Hall–Kier alpha value is -2.03. The van der Waals surface area contributed by atoms with Crippen molar-refractivity contribution >= 4 is 18.2 Å². The first-order chi connectivity index (χ1) is 14.9. The van der Waals surface area contributed by atoms with Crippen molar-refractivity contribution in [1.82, 2.24) is 9.80 Å². The summed E-state index contributed by atoms with van der Waals surface area (Å²) in [6.45, 7) is 9.52. The van der Waals surface area contributed by atoms with E-state index in [0.29, 0.717) is 0 Å². The molecular weight excluding hydrogens is 416 g/mol. The molecule has 32 heavy (non-hydrogen) atoms. The van der Waals surface area contributed by atoms with Crippen LogP contribution in [0.15, 0.2) is 0 Å². The number of rotatable bonds is 5. The standard InChI is InChI=1S/C23H40N2O7/c1-22(2,3)18-25(21(28)31-8)17(23(4,5)19(26)29-6)16(32-18)14-24(20(27)30-7)15-12-10-9-11-13-15/h15-18H,9-14H2,1-8H3/t16-,17+,18-/m1/s1. The van der Waals surface area contributed by atoms with Crippen LogP contribution >= 0.6 is 0 Å². The van der Waals surface area contributed by atoms with E-state index in [1.807, 2.05) is 20.8 Å². The van der Waals surface area contributed by atoms with Gasteiger partial charge in [0.25, 0.3) is 0 Å². The van der Waals surface area contributed by atoms with E-state index in [1.54, 1.807) is 18.7 Å². The number of hydrogen-bond donors (Lipinski definition) is 0. The molecule has 0 aromatic heterocycles. The maximum atomic E-state index is 12.9. The van der Waals surface area contributed by atoms with Crippen molar-refractivity contribution in [3.63, 3.8) is 0 Å². The lowest BCUT2D eigenvalue weighted by Crippen LogP contribution is -2.58. The van der Waals surface area contributed by atoms with Gasteiger partial charge in [-0.15, -0.1) is 0 Å². The second-order valence-electron chi connectivity index (χ2n) is 10.3. The predicted octanol–water partition coefficient (Wildman–Crippen LogP) is 3.79. The van der Waals surface area contributed by atoms with Crippen molar-refractivity contribution in [3.05, 3.63) is 0 Å². The van der Waals surface area contributed by atoms with E-state index < -0.39 is 47.4 Å². The molecule has 3 atom stereocenters. The van der Waals surface area contributed by atoms with Crippen LogP contribution in [0.5, 0.6) is 0 Å². The van der Waals surface area contributed by atoms with Crippen LogP contribution in [0.1, 0.15) is 66.7 Å². The van der Waals surface area contributed by atoms with E-state index >= 15 is 0 Å². The highest BCUT2D eigenvalue weighted by Gasteiger charge is 2.58. The first kappa shape index (κ1) is 26.2. The van der Waals surface area contributed by atoms with Gasteiger partial charge < -0.3 is 23.8 Å². The van der Waals surface area contributed by atoms with Crippen molar-refractivity contribution < 1.29 is 33.3 Å². The van der Waals surface area contributed by atoms with Crippen LogP contribution in [0, 0.1) is 10.8 Å². The number of methoxy groups -OCH3 is 3. The summed E-state index contributed by atoms with van der Waals surface area (Å²) in [6.07, 6.45) is 2.70. The maximum absolute atomic E-state index is 12.9. The SMILES string of the molecule is COC(=O)N(C[C@H]1O[C@H](C(C)(C)C)N(C(=O)OC)[C@@H]1C(C)(C)C(=O)OC)C1CCCCC1. The van der Waals surface area contributed by atoms with Gasteiger partial charge in [0.2, 0.25) is 0 Å². The second kappa shape index (κ2) is 10.3. The zero-order chi connectivity index (χ0) is 24.3. The molecule has 2 aliphatic rings. The van der Waals surface area contributed by atoms with E-state index in [2.05, 4.69) is 0 Å². The molecule has 184 valence electrons. The molecule has 0 unspecified atom stereocenters. The average Bonchev–Trinajstić information content (AvgIpc) is 3.17. The molecular formula is C23H40N2O7. The highest BCUT2D eigenvalue weighted by Crippen LogP contribution is 2.43. The molecule has 9 nitrogen and oxygen atoms in total. The van der Waals surface area contributed by atoms with Gasteiger partial charge in [-0.2, -0.15) is 0 Å². The molecule has 2 amide bonds. The third-order valence-corrected chi connectivity index (χ3v) is 6.59. The van der Waals surface area contributed by atoms with E-state index in [1.165, 1.54) is 26.2 Å². The van der Waals surface area contributed by atoms with Crippen molar-refractivity contribution in [2.75, 3.05) is 27.9 Å². The van der Waals surface area contributed by atoms with Gasteiger partial charge >= 0.3 is 18.2 Å². The largest absolute Gasteiger partial charge is 0.469 e. The highest BCUT2D eigenvalue weighted by atomic mass is 16.6. The molecule has 0 aromatic rings. The van der Waals surface area contributed by atoms with E-state index in [0.717, 1.165) is 32.1 Å². The Kier molecular flexibility index (Phi) is 8.42. The van der Waals surface area contributed by atoms with Gasteiger partial charge in [-0.3, -0.25) is 9.69 Å². The van der Waals surface area contributed by atoms with Crippen molar-refractivity contribution in [1.29, 1.82) is 0 Å². The highest BCUT2D eigenvalue weighted by molar-refractivity contribution is 5.79. The molecule has 0 N–H and O–H groups in total. The van der Waals surface area contributed by atoms with E-state index in [-0.39, 0.29) is 12.6 Å². The van der Waals surface area contributed by atoms with Crippen LogP contribution in [-0.4, -0.2) is 80.2 Å². The lowest BCUT2D eigenvalue weighted by atomic mass is 9.80. The summed E-state index contributed by atoms with van der Waals surface area (Å²) in [4.78, 5) is 41.7. The van der Waals surface area contributed by atoms with E-state index in [4.69, 9.17) is 18.9 Å². The number of ether oxygens (including phenoxy) is 4. The minimum absolute atomic E-state index is 0.0296. The van der Waals surface area contributed by atoms with Crippen LogP contribution in [0.2, 0.25) is 0 Å². The van der Waals surface area contributed by atoms with Crippen molar-refractivity contribution in [3.8, 4) is 0 Å². The van der Waals surface area contributed by atoms with E-state index in [9.17, 15) is 14.4 Å². The number of hydrogen-bond acceptors (Lipinski definition) is 7. The fraction of sp³-hybridized carbons (Fsp3) is 0.870.